The van der Waals surface area contributed by atoms with Crippen molar-refractivity contribution in [1.29, 1.82) is 0 Å². The van der Waals surface area contributed by atoms with Crippen LogP contribution in [0.5, 0.6) is 0 Å². The number of hydrogen-bond acceptors (Lipinski definition) is 1. The van der Waals surface area contributed by atoms with Crippen molar-refractivity contribution in [2.75, 3.05) is 0 Å². The van der Waals surface area contributed by atoms with E-state index in [1.165, 1.54) is 85.9 Å². The molecule has 0 atom stereocenters. The lowest BCUT2D eigenvalue weighted by Gasteiger charge is -2.12. The second-order valence-electron chi connectivity index (χ2n) is 11.3. The molecule has 0 saturated heterocycles. The Labute approximate surface area is 251 Å². The maximum Gasteiger partial charge on any atom is 0.0549 e. The zero-order valence-electron chi connectivity index (χ0n) is 23.2. The maximum atomic E-state index is 2.46. The van der Waals surface area contributed by atoms with Gasteiger partial charge in [0.1, 0.15) is 0 Å². The highest BCUT2D eigenvalue weighted by atomic mass is 32.1. The van der Waals surface area contributed by atoms with Gasteiger partial charge in [-0.05, 0) is 53.9 Å². The molecule has 0 radical (unpaired) electrons. The van der Waals surface area contributed by atoms with Gasteiger partial charge in [0.05, 0.1) is 27.8 Å². The molecule has 0 aliphatic rings. The molecule has 3 aromatic heterocycles. The van der Waals surface area contributed by atoms with E-state index in [0.717, 1.165) is 0 Å². The van der Waals surface area contributed by atoms with Gasteiger partial charge in [-0.15, -0.1) is 11.3 Å². The summed E-state index contributed by atoms with van der Waals surface area (Å²) in [6.45, 7) is 0. The van der Waals surface area contributed by atoms with Gasteiger partial charge in [0.15, 0.2) is 0 Å². The van der Waals surface area contributed by atoms with Crippen LogP contribution >= 0.6 is 11.3 Å². The number of nitrogens with zero attached hydrogens (tertiary/aromatic N) is 2. The van der Waals surface area contributed by atoms with Crippen LogP contribution in [0.1, 0.15) is 0 Å². The Hall–Kier alpha value is -5.38. The van der Waals surface area contributed by atoms with E-state index in [4.69, 9.17) is 0 Å². The predicted molar refractivity (Wildman–Crippen MR) is 186 cm³/mol. The van der Waals surface area contributed by atoms with Crippen LogP contribution in [0.25, 0.3) is 85.9 Å². The van der Waals surface area contributed by atoms with Crippen molar-refractivity contribution in [3.8, 4) is 11.4 Å². The Morgan fingerprint density at radius 1 is 0.372 bits per heavy atom. The average molecular weight is 565 g/mol. The molecular weight excluding hydrogens is 541 g/mol. The van der Waals surface area contributed by atoms with E-state index in [1.54, 1.807) is 0 Å². The molecule has 0 spiro atoms. The summed E-state index contributed by atoms with van der Waals surface area (Å²) >= 11 is 1.87. The van der Waals surface area contributed by atoms with Crippen LogP contribution in [0.4, 0.5) is 0 Å². The number of rotatable bonds is 2. The lowest BCUT2D eigenvalue weighted by Crippen LogP contribution is -1.95. The zero-order valence-corrected chi connectivity index (χ0v) is 24.0. The smallest absolute Gasteiger partial charge is 0.0549 e. The molecule has 0 fully saturated rings. The van der Waals surface area contributed by atoms with Gasteiger partial charge in [0.25, 0.3) is 0 Å². The molecule has 10 aromatic rings. The normalized spacial score (nSPS) is 12.2. The quantitative estimate of drug-likeness (QED) is 0.198. The van der Waals surface area contributed by atoms with E-state index in [-0.39, 0.29) is 0 Å². The number of thiophene rings is 1. The van der Waals surface area contributed by atoms with Crippen LogP contribution in [0.3, 0.4) is 0 Å². The Bertz CT molecular complexity index is 2730. The molecule has 7 aromatic carbocycles. The van der Waals surface area contributed by atoms with Gasteiger partial charge >= 0.3 is 0 Å². The summed E-state index contributed by atoms with van der Waals surface area (Å²) in [4.78, 5) is 0. The fraction of sp³-hybridized carbons (Fsp3) is 0. The molecule has 0 amide bonds. The van der Waals surface area contributed by atoms with E-state index in [2.05, 4.69) is 155 Å². The first-order valence-corrected chi connectivity index (χ1v) is 15.5. The minimum atomic E-state index is 1.20. The minimum Gasteiger partial charge on any atom is -0.309 e. The molecule has 3 heterocycles. The number of benzene rings is 7. The number of aromatic nitrogens is 2. The maximum absolute atomic E-state index is 2.46. The summed E-state index contributed by atoms with van der Waals surface area (Å²) in [5.41, 5.74) is 7.32. The number of hydrogen-bond donors (Lipinski definition) is 0. The van der Waals surface area contributed by atoms with Crippen molar-refractivity contribution in [2.45, 2.75) is 0 Å². The fourth-order valence-electron chi connectivity index (χ4n) is 7.31. The third kappa shape index (κ3) is 3.12. The standard InChI is InChI=1S/C40H24N2S/c1-2-12-27-25(10-1)11-9-18-32(27)42-34-17-7-4-15-31(34)40-36(42)23-22-35-39(40)30-14-3-6-16-33(30)41(35)26-20-21-29-28-13-5-8-19-37(28)43-38(29)24-26/h1-24H. The second-order valence-corrected chi connectivity index (χ2v) is 12.4. The Balaban J connectivity index is 1.35. The topological polar surface area (TPSA) is 9.86 Å². The van der Waals surface area contributed by atoms with Gasteiger partial charge in [-0.3, -0.25) is 0 Å². The molecule has 3 heteroatoms. The second kappa shape index (κ2) is 8.57. The molecule has 10 rings (SSSR count). The first-order chi connectivity index (χ1) is 21.3. The SMILES string of the molecule is c1ccc2c(-n3c4ccccc4c4c5c6ccccc6n(-c6ccc7c(c6)sc6ccccc67)c5ccc43)cccc2c1. The largest absolute Gasteiger partial charge is 0.309 e. The van der Waals surface area contributed by atoms with Crippen molar-refractivity contribution in [2.24, 2.45) is 0 Å². The minimum absolute atomic E-state index is 1.20. The molecule has 2 nitrogen and oxygen atoms in total. The van der Waals surface area contributed by atoms with Crippen molar-refractivity contribution in [1.82, 2.24) is 9.13 Å². The lowest BCUT2D eigenvalue weighted by molar-refractivity contribution is 1.18. The predicted octanol–water partition coefficient (Wildman–Crippen LogP) is 11.4. The van der Waals surface area contributed by atoms with E-state index in [0.29, 0.717) is 0 Å². The van der Waals surface area contributed by atoms with Gasteiger partial charge in [-0.2, -0.15) is 0 Å². The molecule has 0 unspecified atom stereocenters. The van der Waals surface area contributed by atoms with Crippen molar-refractivity contribution < 1.29 is 0 Å². The third-order valence-corrected chi connectivity index (χ3v) is 10.2. The summed E-state index contributed by atoms with van der Waals surface area (Å²) in [6, 6.07) is 53.4. The molecular formula is C40H24N2S. The highest BCUT2D eigenvalue weighted by Crippen LogP contribution is 2.43. The Morgan fingerprint density at radius 2 is 0.953 bits per heavy atom. The highest BCUT2D eigenvalue weighted by molar-refractivity contribution is 7.25. The van der Waals surface area contributed by atoms with E-state index in [1.807, 2.05) is 11.3 Å². The van der Waals surface area contributed by atoms with Crippen LogP contribution in [-0.2, 0) is 0 Å². The summed E-state index contributed by atoms with van der Waals surface area (Å²) in [5.74, 6) is 0. The molecule has 0 aliphatic heterocycles. The monoisotopic (exact) mass is 564 g/mol. The van der Waals surface area contributed by atoms with Gasteiger partial charge in [0.2, 0.25) is 0 Å². The summed E-state index contributed by atoms with van der Waals surface area (Å²) < 4.78 is 7.57. The first kappa shape index (κ1) is 23.2. The van der Waals surface area contributed by atoms with E-state index >= 15 is 0 Å². The van der Waals surface area contributed by atoms with E-state index in [9.17, 15) is 0 Å². The molecule has 0 aliphatic carbocycles. The van der Waals surface area contributed by atoms with Gasteiger partial charge in [-0.1, -0.05) is 97.1 Å². The molecule has 0 saturated carbocycles. The molecule has 200 valence electrons. The van der Waals surface area contributed by atoms with Crippen molar-refractivity contribution >= 4 is 85.9 Å². The lowest BCUT2D eigenvalue weighted by atomic mass is 10.1. The average Bonchev–Trinajstić information content (AvgIpc) is 3.71. The third-order valence-electron chi connectivity index (χ3n) is 9.10. The summed E-state index contributed by atoms with van der Waals surface area (Å²) in [5, 5.41) is 10.3. The fourth-order valence-corrected chi connectivity index (χ4v) is 8.45. The van der Waals surface area contributed by atoms with Crippen molar-refractivity contribution in [3.05, 3.63) is 146 Å². The van der Waals surface area contributed by atoms with Crippen LogP contribution in [-0.4, -0.2) is 9.13 Å². The number of para-hydroxylation sites is 2. The molecule has 43 heavy (non-hydrogen) atoms. The van der Waals surface area contributed by atoms with Gasteiger partial charge in [0, 0.05) is 52.8 Å². The van der Waals surface area contributed by atoms with Gasteiger partial charge < -0.3 is 9.13 Å². The van der Waals surface area contributed by atoms with Crippen LogP contribution < -0.4 is 0 Å². The summed E-state index contributed by atoms with van der Waals surface area (Å²) in [6.07, 6.45) is 0. The van der Waals surface area contributed by atoms with Gasteiger partial charge in [-0.25, -0.2) is 0 Å². The van der Waals surface area contributed by atoms with Crippen LogP contribution in [0.15, 0.2) is 146 Å². The van der Waals surface area contributed by atoms with E-state index < -0.39 is 0 Å². The molecule has 0 bridgehead atoms. The Kier molecular flexibility index (Phi) is 4.63. The Morgan fingerprint density at radius 3 is 1.74 bits per heavy atom. The highest BCUT2D eigenvalue weighted by Gasteiger charge is 2.21. The zero-order chi connectivity index (χ0) is 28.1. The van der Waals surface area contributed by atoms with Crippen LogP contribution in [0, 0.1) is 0 Å². The van der Waals surface area contributed by atoms with Crippen LogP contribution in [0.2, 0.25) is 0 Å². The first-order valence-electron chi connectivity index (χ1n) is 14.7. The van der Waals surface area contributed by atoms with Crippen molar-refractivity contribution in [3.63, 3.8) is 0 Å². The molecule has 0 N–H and O–H groups in total. The summed E-state index contributed by atoms with van der Waals surface area (Å²) in [7, 11) is 0. The number of fused-ring (bicyclic) bond motifs is 11.